The highest BCUT2D eigenvalue weighted by Gasteiger charge is 2.45. The van der Waals surface area contributed by atoms with Gasteiger partial charge in [-0.2, -0.15) is 0 Å². The lowest BCUT2D eigenvalue weighted by molar-refractivity contribution is 0.0299. The highest BCUT2D eigenvalue weighted by Crippen LogP contribution is 2.36. The second-order valence-electron chi connectivity index (χ2n) is 6.19. The van der Waals surface area contributed by atoms with E-state index in [0.717, 1.165) is 12.0 Å². The molecular weight excluding hydrogens is 228 g/mol. The van der Waals surface area contributed by atoms with Crippen LogP contribution in [0, 0.1) is 0 Å². The summed E-state index contributed by atoms with van der Waals surface area (Å²) in [6, 6.07) is 1.23. The second-order valence-corrected chi connectivity index (χ2v) is 10.2. The third-order valence-electron chi connectivity index (χ3n) is 3.54. The van der Waals surface area contributed by atoms with Gasteiger partial charge in [0.25, 0.3) is 0 Å². The molecule has 3 heteroatoms. The molecule has 2 atom stereocenters. The van der Waals surface area contributed by atoms with Crippen LogP contribution in [-0.4, -0.2) is 26.3 Å². The Morgan fingerprint density at radius 1 is 1.53 bits per heavy atom. The third-order valence-corrected chi connectivity index (χ3v) is 7.85. The molecule has 0 bridgehead atoms. The summed E-state index contributed by atoms with van der Waals surface area (Å²) in [6.07, 6.45) is 3.50. The lowest BCUT2D eigenvalue weighted by Crippen LogP contribution is -2.56. The van der Waals surface area contributed by atoms with Crippen LogP contribution >= 0.6 is 0 Å². The van der Waals surface area contributed by atoms with E-state index in [2.05, 4.69) is 33.9 Å². The number of hydrogen-bond donors (Lipinski definition) is 0. The summed E-state index contributed by atoms with van der Waals surface area (Å²) in [5.41, 5.74) is 1.44. The van der Waals surface area contributed by atoms with Gasteiger partial charge in [-0.15, -0.1) is 0 Å². The lowest BCUT2D eigenvalue weighted by Gasteiger charge is -2.45. The number of ether oxygens (including phenoxy) is 1. The molecule has 17 heavy (non-hydrogen) atoms. The summed E-state index contributed by atoms with van der Waals surface area (Å²) in [7, 11) is -1.73. The minimum atomic E-state index is -1.73. The molecule has 0 aliphatic carbocycles. The molecule has 1 rings (SSSR count). The molecule has 1 aliphatic rings. The van der Waals surface area contributed by atoms with Crippen LogP contribution in [0.4, 0.5) is 0 Å². The topological polar surface area (TPSA) is 18.5 Å². The van der Waals surface area contributed by atoms with E-state index in [1.165, 1.54) is 18.9 Å². The molecule has 0 aromatic heterocycles. The molecule has 0 N–H and O–H groups in total. The minimum absolute atomic E-state index is 0.0409. The van der Waals surface area contributed by atoms with Crippen molar-refractivity contribution in [1.29, 1.82) is 0 Å². The first kappa shape index (κ1) is 14.9. The molecule has 0 aromatic carbocycles. The summed E-state index contributed by atoms with van der Waals surface area (Å²) >= 11 is 0. The van der Waals surface area contributed by atoms with Gasteiger partial charge >= 0.3 is 0 Å². The largest absolute Gasteiger partial charge is 0.410 e. The van der Waals surface area contributed by atoms with E-state index in [1.54, 1.807) is 0 Å². The van der Waals surface area contributed by atoms with E-state index in [1.807, 2.05) is 6.92 Å². The zero-order valence-electron chi connectivity index (χ0n) is 12.1. The molecule has 0 amide bonds. The predicted octanol–water partition coefficient (Wildman–Crippen LogP) is 4.06. The fraction of sp³-hybridized carbons (Fsp3) is 0.857. The van der Waals surface area contributed by atoms with E-state index in [0.29, 0.717) is 12.3 Å². The van der Waals surface area contributed by atoms with Crippen molar-refractivity contribution >= 4 is 8.32 Å². The van der Waals surface area contributed by atoms with Crippen molar-refractivity contribution in [3.05, 3.63) is 12.2 Å². The molecule has 0 spiro atoms. The Morgan fingerprint density at radius 3 is 2.65 bits per heavy atom. The highest BCUT2D eigenvalue weighted by molar-refractivity contribution is 6.74. The number of rotatable bonds is 5. The smallest absolute Gasteiger partial charge is 0.218 e. The van der Waals surface area contributed by atoms with Crippen LogP contribution in [0.3, 0.4) is 0 Å². The average Bonchev–Trinajstić information content (AvgIpc) is 2.15. The third kappa shape index (κ3) is 4.23. The first-order valence-electron chi connectivity index (χ1n) is 6.75. The van der Waals surface area contributed by atoms with Crippen molar-refractivity contribution in [2.45, 2.75) is 70.9 Å². The van der Waals surface area contributed by atoms with Gasteiger partial charge in [0, 0.05) is 0 Å². The van der Waals surface area contributed by atoms with Gasteiger partial charge in [-0.1, -0.05) is 25.5 Å². The second kappa shape index (κ2) is 5.68. The van der Waals surface area contributed by atoms with Crippen LogP contribution in [0.5, 0.6) is 0 Å². The Hall–Kier alpha value is -0.123. The predicted molar refractivity (Wildman–Crippen MR) is 75.7 cm³/mol. The van der Waals surface area contributed by atoms with Gasteiger partial charge in [0.15, 0.2) is 0 Å². The SMILES string of the molecule is C=C(C)COC(CC)[Si]1(C)CCCC(C)(C)O1. The zero-order valence-corrected chi connectivity index (χ0v) is 13.1. The maximum atomic E-state index is 6.43. The molecule has 1 aliphatic heterocycles. The van der Waals surface area contributed by atoms with Gasteiger partial charge in [0.2, 0.25) is 8.32 Å². The molecule has 2 nitrogen and oxygen atoms in total. The summed E-state index contributed by atoms with van der Waals surface area (Å²) in [5.74, 6) is 0. The average molecular weight is 256 g/mol. The molecule has 1 saturated heterocycles. The molecule has 1 fully saturated rings. The molecule has 0 radical (unpaired) electrons. The van der Waals surface area contributed by atoms with Crippen molar-refractivity contribution in [3.8, 4) is 0 Å². The molecule has 0 saturated carbocycles. The lowest BCUT2D eigenvalue weighted by atomic mass is 10.0. The Morgan fingerprint density at radius 2 is 2.18 bits per heavy atom. The summed E-state index contributed by atoms with van der Waals surface area (Å²) < 4.78 is 12.5. The standard InChI is InChI=1S/C14H28O2Si/c1-7-13(15-11-12(2)3)17(6)10-8-9-14(4,5)16-17/h13H,2,7-11H2,1,3-6H3. The summed E-state index contributed by atoms with van der Waals surface area (Å²) in [6.45, 7) is 15.6. The summed E-state index contributed by atoms with van der Waals surface area (Å²) in [4.78, 5) is 0. The Bertz CT molecular complexity index is 275. The minimum Gasteiger partial charge on any atom is -0.410 e. The van der Waals surface area contributed by atoms with Crippen LogP contribution in [0.1, 0.15) is 47.0 Å². The first-order chi connectivity index (χ1) is 7.79. The normalized spacial score (nSPS) is 29.9. The van der Waals surface area contributed by atoms with Gasteiger partial charge in [-0.05, 0) is 46.2 Å². The van der Waals surface area contributed by atoms with Crippen LogP contribution in [-0.2, 0) is 9.16 Å². The molecule has 1 heterocycles. The zero-order chi connectivity index (χ0) is 13.1. The maximum Gasteiger partial charge on any atom is 0.218 e. The Labute approximate surface area is 108 Å². The van der Waals surface area contributed by atoms with Crippen LogP contribution in [0.25, 0.3) is 0 Å². The van der Waals surface area contributed by atoms with Crippen molar-refractivity contribution in [2.24, 2.45) is 0 Å². The monoisotopic (exact) mass is 256 g/mol. The molecule has 100 valence electrons. The Balaban J connectivity index is 2.68. The van der Waals surface area contributed by atoms with Crippen LogP contribution in [0.15, 0.2) is 12.2 Å². The van der Waals surface area contributed by atoms with Gasteiger partial charge in [-0.25, -0.2) is 0 Å². The van der Waals surface area contributed by atoms with Gasteiger partial charge < -0.3 is 9.16 Å². The van der Waals surface area contributed by atoms with E-state index >= 15 is 0 Å². The van der Waals surface area contributed by atoms with Crippen molar-refractivity contribution in [3.63, 3.8) is 0 Å². The molecular formula is C14H28O2Si. The van der Waals surface area contributed by atoms with Crippen LogP contribution in [0.2, 0.25) is 12.6 Å². The van der Waals surface area contributed by atoms with Gasteiger partial charge in [0.1, 0.15) is 0 Å². The maximum absolute atomic E-state index is 6.43. The first-order valence-corrected chi connectivity index (χ1v) is 9.44. The van der Waals surface area contributed by atoms with Crippen molar-refractivity contribution in [2.75, 3.05) is 6.61 Å². The summed E-state index contributed by atoms with van der Waals surface area (Å²) in [5, 5.41) is 0. The van der Waals surface area contributed by atoms with E-state index in [4.69, 9.17) is 9.16 Å². The Kier molecular flexibility index (Phi) is 4.99. The van der Waals surface area contributed by atoms with Gasteiger partial charge in [0.05, 0.1) is 17.9 Å². The number of hydrogen-bond acceptors (Lipinski definition) is 2. The highest BCUT2D eigenvalue weighted by atomic mass is 28.4. The molecule has 2 unspecified atom stereocenters. The van der Waals surface area contributed by atoms with E-state index < -0.39 is 8.32 Å². The fourth-order valence-corrected chi connectivity index (χ4v) is 6.89. The fourth-order valence-electron chi connectivity index (χ4n) is 2.79. The van der Waals surface area contributed by atoms with Gasteiger partial charge in [-0.3, -0.25) is 0 Å². The quantitative estimate of drug-likeness (QED) is 0.545. The van der Waals surface area contributed by atoms with E-state index in [9.17, 15) is 0 Å². The van der Waals surface area contributed by atoms with Crippen molar-refractivity contribution in [1.82, 2.24) is 0 Å². The molecule has 0 aromatic rings. The van der Waals surface area contributed by atoms with E-state index in [-0.39, 0.29) is 5.60 Å². The van der Waals surface area contributed by atoms with Crippen molar-refractivity contribution < 1.29 is 9.16 Å². The van der Waals surface area contributed by atoms with Crippen LogP contribution < -0.4 is 0 Å².